The Balaban J connectivity index is 1.56. The molecule has 4 rings (SSSR count). The Morgan fingerprint density at radius 3 is 2.69 bits per heavy atom. The van der Waals surface area contributed by atoms with Gasteiger partial charge < -0.3 is 15.3 Å². The topological polar surface area (TPSA) is 77.5 Å². The van der Waals surface area contributed by atoms with Crippen molar-refractivity contribution >= 4 is 39.7 Å². The molecular formula is C25H23ClF2N4O2S. The maximum Gasteiger partial charge on any atom is 0.263 e. The van der Waals surface area contributed by atoms with Crippen LogP contribution >= 0.6 is 22.9 Å². The zero-order valence-electron chi connectivity index (χ0n) is 18.8. The van der Waals surface area contributed by atoms with E-state index < -0.39 is 28.5 Å². The minimum atomic E-state index is -1.00. The second kappa shape index (κ2) is 10.3. The number of amides is 1. The van der Waals surface area contributed by atoms with Crippen LogP contribution in [0, 0.1) is 24.0 Å². The first-order valence-electron chi connectivity index (χ1n) is 10.8. The largest absolute Gasteiger partial charge is 0.394 e. The monoisotopic (exact) mass is 516 g/mol. The molecule has 0 aliphatic carbocycles. The van der Waals surface area contributed by atoms with Gasteiger partial charge in [0.15, 0.2) is 5.13 Å². The van der Waals surface area contributed by atoms with Crippen LogP contribution in [0.2, 0.25) is 5.02 Å². The van der Waals surface area contributed by atoms with Gasteiger partial charge in [0.2, 0.25) is 0 Å². The number of thiazole rings is 1. The van der Waals surface area contributed by atoms with Gasteiger partial charge in [0, 0.05) is 35.7 Å². The lowest BCUT2D eigenvalue weighted by molar-refractivity contribution is 0.101. The zero-order chi connectivity index (χ0) is 25.2. The summed E-state index contributed by atoms with van der Waals surface area (Å²) in [6.45, 7) is 3.21. The summed E-state index contributed by atoms with van der Waals surface area (Å²) >= 11 is 7.07. The summed E-state index contributed by atoms with van der Waals surface area (Å²) < 4.78 is 29.8. The number of rotatable bonds is 6. The van der Waals surface area contributed by atoms with Gasteiger partial charge in [0.1, 0.15) is 17.2 Å². The summed E-state index contributed by atoms with van der Waals surface area (Å²) in [6.07, 6.45) is 5.82. The predicted molar refractivity (Wildman–Crippen MR) is 134 cm³/mol. The normalized spacial score (nSPS) is 17.5. The van der Waals surface area contributed by atoms with Crippen LogP contribution in [0.25, 0.3) is 0 Å². The molecule has 35 heavy (non-hydrogen) atoms. The van der Waals surface area contributed by atoms with E-state index in [2.05, 4.69) is 21.5 Å². The molecule has 1 unspecified atom stereocenters. The van der Waals surface area contributed by atoms with E-state index in [9.17, 15) is 18.7 Å². The molecule has 0 spiro atoms. The standard InChI is InChI=1S/C25H23ClF2N4O2S/c1-3-25(2,15-4-6-16(26)7-5-15)21-14-35-24(30-21)31-23(34)22-19(27)10-17(11-20(22)28)32-9-8-29-12-18(32)13-33/h1,4-7,10-11,14,18,29,33H,8-9,12-13H2,2H3,(H,30,31,34)/t18?,25-/m0/s1. The molecule has 2 atom stereocenters. The first-order valence-corrected chi connectivity index (χ1v) is 12.1. The molecule has 1 saturated heterocycles. The molecule has 2 aromatic carbocycles. The summed E-state index contributed by atoms with van der Waals surface area (Å²) in [5, 5.41) is 17.6. The number of nitrogens with zero attached hydrogens (tertiary/aromatic N) is 2. The zero-order valence-corrected chi connectivity index (χ0v) is 20.4. The summed E-state index contributed by atoms with van der Waals surface area (Å²) in [5.74, 6) is -0.225. The van der Waals surface area contributed by atoms with Gasteiger partial charge in [0.05, 0.1) is 23.8 Å². The van der Waals surface area contributed by atoms with E-state index in [1.165, 1.54) is 0 Å². The number of anilines is 2. The summed E-state index contributed by atoms with van der Waals surface area (Å²) in [6, 6.07) is 8.93. The Bertz CT molecular complexity index is 1250. The van der Waals surface area contributed by atoms with Crippen LogP contribution in [0.15, 0.2) is 41.8 Å². The highest BCUT2D eigenvalue weighted by molar-refractivity contribution is 7.14. The van der Waals surface area contributed by atoms with Gasteiger partial charge in [-0.3, -0.25) is 10.1 Å². The van der Waals surface area contributed by atoms with Gasteiger partial charge in [-0.05, 0) is 36.8 Å². The maximum absolute atomic E-state index is 14.9. The lowest BCUT2D eigenvalue weighted by atomic mass is 9.81. The Kier molecular flexibility index (Phi) is 7.38. The molecule has 1 aliphatic heterocycles. The Labute approximate surface area is 210 Å². The summed E-state index contributed by atoms with van der Waals surface area (Å²) in [7, 11) is 0. The third kappa shape index (κ3) is 5.02. The number of piperazine rings is 1. The SMILES string of the molecule is C#C[C@@](C)(c1ccc(Cl)cc1)c1csc(NC(=O)c2c(F)cc(N3CCNCC3CO)cc2F)n1. The van der Waals surface area contributed by atoms with E-state index in [-0.39, 0.29) is 23.5 Å². The van der Waals surface area contributed by atoms with E-state index in [0.29, 0.717) is 30.4 Å². The number of terminal acetylenes is 1. The molecule has 3 N–H and O–H groups in total. The van der Waals surface area contributed by atoms with Crippen LogP contribution in [0.5, 0.6) is 0 Å². The molecule has 1 fully saturated rings. The van der Waals surface area contributed by atoms with Crippen LogP contribution in [-0.4, -0.2) is 48.3 Å². The van der Waals surface area contributed by atoms with Crippen LogP contribution in [-0.2, 0) is 5.41 Å². The van der Waals surface area contributed by atoms with Crippen molar-refractivity contribution in [3.8, 4) is 12.3 Å². The molecule has 6 nitrogen and oxygen atoms in total. The number of halogens is 3. The highest BCUT2D eigenvalue weighted by Gasteiger charge is 2.30. The molecule has 3 aromatic rings. The highest BCUT2D eigenvalue weighted by Crippen LogP contribution is 2.34. The molecular weight excluding hydrogens is 494 g/mol. The number of aliphatic hydroxyl groups is 1. The van der Waals surface area contributed by atoms with Crippen molar-refractivity contribution in [3.63, 3.8) is 0 Å². The number of carbonyl (C=O) groups excluding carboxylic acids is 1. The van der Waals surface area contributed by atoms with Crippen LogP contribution < -0.4 is 15.5 Å². The average Bonchev–Trinajstić information content (AvgIpc) is 3.32. The van der Waals surface area contributed by atoms with Gasteiger partial charge in [-0.15, -0.1) is 17.8 Å². The van der Waals surface area contributed by atoms with E-state index in [4.69, 9.17) is 18.0 Å². The lowest BCUT2D eigenvalue weighted by Crippen LogP contribution is -2.53. The fourth-order valence-electron chi connectivity index (χ4n) is 4.02. The third-order valence-corrected chi connectivity index (χ3v) is 7.10. The van der Waals surface area contributed by atoms with Crippen molar-refractivity contribution in [3.05, 3.63) is 75.3 Å². The number of aliphatic hydroxyl groups excluding tert-OH is 1. The summed E-state index contributed by atoms with van der Waals surface area (Å²) in [5.41, 5.74) is -0.0450. The molecule has 0 saturated carbocycles. The maximum atomic E-state index is 14.9. The van der Waals surface area contributed by atoms with Crippen molar-refractivity contribution < 1.29 is 18.7 Å². The number of hydrogen-bond acceptors (Lipinski definition) is 6. The molecule has 182 valence electrons. The smallest absolute Gasteiger partial charge is 0.263 e. The van der Waals surface area contributed by atoms with E-state index in [1.54, 1.807) is 34.5 Å². The Morgan fingerprint density at radius 1 is 1.37 bits per heavy atom. The van der Waals surface area contributed by atoms with Crippen molar-refractivity contribution in [2.24, 2.45) is 0 Å². The van der Waals surface area contributed by atoms with E-state index in [1.807, 2.05) is 6.92 Å². The molecule has 0 radical (unpaired) electrons. The molecule has 1 amide bonds. The summed E-state index contributed by atoms with van der Waals surface area (Å²) in [4.78, 5) is 18.9. The second-order valence-electron chi connectivity index (χ2n) is 8.29. The highest BCUT2D eigenvalue weighted by atomic mass is 35.5. The molecule has 0 bridgehead atoms. The number of aromatic nitrogens is 1. The van der Waals surface area contributed by atoms with E-state index in [0.717, 1.165) is 29.0 Å². The Morgan fingerprint density at radius 2 is 2.06 bits per heavy atom. The second-order valence-corrected chi connectivity index (χ2v) is 9.58. The van der Waals surface area contributed by atoms with Gasteiger partial charge in [-0.1, -0.05) is 29.7 Å². The number of hydrogen-bond donors (Lipinski definition) is 3. The number of nitrogens with one attached hydrogen (secondary N) is 2. The Hall–Kier alpha value is -3.03. The van der Waals surface area contributed by atoms with Crippen molar-refractivity contribution in [1.29, 1.82) is 0 Å². The van der Waals surface area contributed by atoms with Gasteiger partial charge in [-0.25, -0.2) is 13.8 Å². The van der Waals surface area contributed by atoms with Crippen LogP contribution in [0.1, 0.15) is 28.5 Å². The minimum absolute atomic E-state index is 0.158. The first-order chi connectivity index (χ1) is 16.8. The van der Waals surface area contributed by atoms with Crippen molar-refractivity contribution in [2.45, 2.75) is 18.4 Å². The molecule has 2 heterocycles. The van der Waals surface area contributed by atoms with Crippen LogP contribution in [0.4, 0.5) is 19.6 Å². The molecule has 1 aliphatic rings. The minimum Gasteiger partial charge on any atom is -0.394 e. The third-order valence-electron chi connectivity index (χ3n) is 6.09. The average molecular weight is 517 g/mol. The number of carbonyl (C=O) groups is 1. The van der Waals surface area contributed by atoms with Gasteiger partial charge in [-0.2, -0.15) is 0 Å². The van der Waals surface area contributed by atoms with Crippen LogP contribution in [0.3, 0.4) is 0 Å². The fraction of sp³-hybridized carbons (Fsp3) is 0.280. The van der Waals surface area contributed by atoms with Gasteiger partial charge in [0.25, 0.3) is 5.91 Å². The lowest BCUT2D eigenvalue weighted by Gasteiger charge is -2.37. The molecule has 1 aromatic heterocycles. The number of benzene rings is 2. The van der Waals surface area contributed by atoms with Crippen molar-refractivity contribution in [2.75, 3.05) is 36.5 Å². The van der Waals surface area contributed by atoms with Crippen molar-refractivity contribution in [1.82, 2.24) is 10.3 Å². The fourth-order valence-corrected chi connectivity index (χ4v) is 4.96. The van der Waals surface area contributed by atoms with Gasteiger partial charge >= 0.3 is 0 Å². The van der Waals surface area contributed by atoms with E-state index >= 15 is 0 Å². The first kappa shape index (κ1) is 25.1. The quantitative estimate of drug-likeness (QED) is 0.431. The predicted octanol–water partition coefficient (Wildman–Crippen LogP) is 4.04. The molecule has 10 heteroatoms.